The van der Waals surface area contributed by atoms with Gasteiger partial charge in [0.15, 0.2) is 0 Å². The number of hydrogen-bond donors (Lipinski definition) is 2. The Morgan fingerprint density at radius 1 is 1.06 bits per heavy atom. The van der Waals surface area contributed by atoms with E-state index in [1.165, 1.54) is 16.7 Å². The third kappa shape index (κ3) is 1.17. The van der Waals surface area contributed by atoms with Gasteiger partial charge in [-0.05, 0) is 22.3 Å². The Morgan fingerprint density at radius 3 is 2.69 bits per heavy atom. The molecule has 0 spiro atoms. The van der Waals surface area contributed by atoms with Crippen LogP contribution in [0.4, 0.5) is 5.69 Å². The fourth-order valence-corrected chi connectivity index (χ4v) is 2.42. The molecular formula is C14H13NO. The first kappa shape index (κ1) is 9.43. The molecule has 2 nitrogen and oxygen atoms in total. The molecule has 0 heterocycles. The van der Waals surface area contributed by atoms with Gasteiger partial charge in [0, 0.05) is 17.7 Å². The van der Waals surface area contributed by atoms with Gasteiger partial charge in [0.25, 0.3) is 0 Å². The van der Waals surface area contributed by atoms with Gasteiger partial charge in [-0.2, -0.15) is 0 Å². The molecule has 3 rings (SSSR count). The summed E-state index contributed by atoms with van der Waals surface area (Å²) in [4.78, 5) is 0. The van der Waals surface area contributed by atoms with Crippen LogP contribution >= 0.6 is 0 Å². The second-order valence-electron chi connectivity index (χ2n) is 4.16. The number of nitrogen functional groups attached to an aromatic ring is 1. The number of aliphatic hydroxyl groups excluding tert-OH is 1. The van der Waals surface area contributed by atoms with E-state index in [-0.39, 0.29) is 6.61 Å². The topological polar surface area (TPSA) is 46.2 Å². The van der Waals surface area contributed by atoms with Crippen molar-refractivity contribution in [1.82, 2.24) is 0 Å². The van der Waals surface area contributed by atoms with Crippen LogP contribution in [0, 0.1) is 0 Å². The fraction of sp³-hybridized carbons (Fsp3) is 0.143. The van der Waals surface area contributed by atoms with Gasteiger partial charge in [-0.15, -0.1) is 0 Å². The van der Waals surface area contributed by atoms with Gasteiger partial charge in [0.2, 0.25) is 0 Å². The molecule has 2 aromatic rings. The summed E-state index contributed by atoms with van der Waals surface area (Å²) >= 11 is 0. The third-order valence-electron chi connectivity index (χ3n) is 3.29. The molecule has 0 bridgehead atoms. The molecule has 1 aliphatic carbocycles. The number of rotatable bonds is 1. The fourth-order valence-electron chi connectivity index (χ4n) is 2.42. The summed E-state index contributed by atoms with van der Waals surface area (Å²) in [6.07, 6.45) is 0.880. The number of fused-ring (bicyclic) bond motifs is 3. The molecule has 0 aliphatic heterocycles. The molecule has 16 heavy (non-hydrogen) atoms. The number of hydrogen-bond acceptors (Lipinski definition) is 2. The maximum atomic E-state index is 9.19. The van der Waals surface area contributed by atoms with Gasteiger partial charge in [0.05, 0.1) is 6.61 Å². The summed E-state index contributed by atoms with van der Waals surface area (Å²) in [5.74, 6) is 0. The molecule has 0 aromatic heterocycles. The van der Waals surface area contributed by atoms with Gasteiger partial charge < -0.3 is 10.8 Å². The summed E-state index contributed by atoms with van der Waals surface area (Å²) in [6.45, 7) is 0.00938. The van der Waals surface area contributed by atoms with E-state index >= 15 is 0 Å². The maximum absolute atomic E-state index is 9.19. The van der Waals surface area contributed by atoms with Crippen molar-refractivity contribution in [3.8, 4) is 11.1 Å². The lowest BCUT2D eigenvalue weighted by Gasteiger charge is -2.08. The first-order chi connectivity index (χ1) is 7.81. The minimum Gasteiger partial charge on any atom is -0.398 e. The molecule has 1 aliphatic rings. The molecular weight excluding hydrogens is 198 g/mol. The number of aliphatic hydroxyl groups is 1. The van der Waals surface area contributed by atoms with Crippen LogP contribution in [0.15, 0.2) is 36.4 Å². The van der Waals surface area contributed by atoms with Crippen LogP contribution in [0.1, 0.15) is 16.7 Å². The zero-order valence-electron chi connectivity index (χ0n) is 8.90. The molecule has 2 aromatic carbocycles. The van der Waals surface area contributed by atoms with Gasteiger partial charge in [0.1, 0.15) is 0 Å². The molecule has 0 atom stereocenters. The molecule has 0 unspecified atom stereocenters. The summed E-state index contributed by atoms with van der Waals surface area (Å²) in [6, 6.07) is 12.3. The Labute approximate surface area is 94.3 Å². The highest BCUT2D eigenvalue weighted by atomic mass is 16.3. The van der Waals surface area contributed by atoms with Crippen LogP contribution in [0.2, 0.25) is 0 Å². The Morgan fingerprint density at radius 2 is 1.88 bits per heavy atom. The smallest absolute Gasteiger partial charge is 0.0702 e. The van der Waals surface area contributed by atoms with Crippen LogP contribution in [0.25, 0.3) is 11.1 Å². The van der Waals surface area contributed by atoms with Crippen LogP contribution < -0.4 is 5.73 Å². The van der Waals surface area contributed by atoms with Gasteiger partial charge in [-0.25, -0.2) is 0 Å². The number of benzene rings is 2. The molecule has 0 saturated carbocycles. The van der Waals surface area contributed by atoms with Crippen molar-refractivity contribution < 1.29 is 5.11 Å². The van der Waals surface area contributed by atoms with Crippen molar-refractivity contribution >= 4 is 5.69 Å². The predicted molar refractivity (Wildman–Crippen MR) is 65.0 cm³/mol. The van der Waals surface area contributed by atoms with Crippen molar-refractivity contribution in [3.63, 3.8) is 0 Å². The first-order valence-corrected chi connectivity index (χ1v) is 5.40. The molecule has 80 valence electrons. The lowest BCUT2D eigenvalue weighted by molar-refractivity contribution is 0.282. The Balaban J connectivity index is 2.24. The summed E-state index contributed by atoms with van der Waals surface area (Å²) in [5.41, 5.74) is 12.6. The normalized spacial score (nSPS) is 12.3. The predicted octanol–water partition coefficient (Wildman–Crippen LogP) is 2.33. The third-order valence-corrected chi connectivity index (χ3v) is 3.29. The minimum absolute atomic E-state index is 0.00938. The number of nitrogens with two attached hydrogens (primary N) is 1. The van der Waals surface area contributed by atoms with Gasteiger partial charge in [-0.3, -0.25) is 0 Å². The van der Waals surface area contributed by atoms with E-state index in [0.717, 1.165) is 23.2 Å². The molecule has 0 saturated heterocycles. The lowest BCUT2D eigenvalue weighted by Crippen LogP contribution is -1.99. The van der Waals surface area contributed by atoms with Crippen LogP contribution in [0.3, 0.4) is 0 Å². The molecule has 2 heteroatoms. The molecule has 0 fully saturated rings. The average Bonchev–Trinajstić information content (AvgIpc) is 2.69. The molecule has 0 radical (unpaired) electrons. The Bertz CT molecular complexity index is 561. The van der Waals surface area contributed by atoms with Crippen molar-refractivity contribution in [3.05, 3.63) is 53.1 Å². The van der Waals surface area contributed by atoms with Gasteiger partial charge >= 0.3 is 0 Å². The van der Waals surface area contributed by atoms with Gasteiger partial charge in [-0.1, -0.05) is 36.4 Å². The van der Waals surface area contributed by atoms with E-state index in [1.54, 1.807) is 0 Å². The zero-order valence-corrected chi connectivity index (χ0v) is 8.90. The summed E-state index contributed by atoms with van der Waals surface area (Å²) in [5, 5.41) is 9.19. The van der Waals surface area contributed by atoms with Crippen molar-refractivity contribution in [2.75, 3.05) is 5.73 Å². The number of anilines is 1. The van der Waals surface area contributed by atoms with Crippen LogP contribution in [0.5, 0.6) is 0 Å². The Kier molecular flexibility index (Phi) is 1.98. The van der Waals surface area contributed by atoms with E-state index in [2.05, 4.69) is 18.2 Å². The Hall–Kier alpha value is -1.80. The van der Waals surface area contributed by atoms with Crippen LogP contribution in [-0.2, 0) is 13.0 Å². The monoisotopic (exact) mass is 211 g/mol. The van der Waals surface area contributed by atoms with E-state index in [9.17, 15) is 5.11 Å². The molecule has 3 N–H and O–H groups in total. The van der Waals surface area contributed by atoms with Crippen LogP contribution in [-0.4, -0.2) is 5.11 Å². The highest BCUT2D eigenvalue weighted by molar-refractivity contribution is 5.82. The highest BCUT2D eigenvalue weighted by Gasteiger charge is 2.20. The van der Waals surface area contributed by atoms with E-state index in [1.807, 2.05) is 18.2 Å². The summed E-state index contributed by atoms with van der Waals surface area (Å²) in [7, 11) is 0. The van der Waals surface area contributed by atoms with Crippen molar-refractivity contribution in [2.45, 2.75) is 13.0 Å². The minimum atomic E-state index is 0.00938. The largest absolute Gasteiger partial charge is 0.398 e. The summed E-state index contributed by atoms with van der Waals surface area (Å²) < 4.78 is 0. The molecule has 0 amide bonds. The van der Waals surface area contributed by atoms with E-state index < -0.39 is 0 Å². The van der Waals surface area contributed by atoms with Crippen molar-refractivity contribution in [2.24, 2.45) is 0 Å². The maximum Gasteiger partial charge on any atom is 0.0702 e. The quantitative estimate of drug-likeness (QED) is 0.607. The standard InChI is InChI=1S/C14H13NO/c15-14-10(8-16)5-6-12-11-4-2-1-3-9(11)7-13(12)14/h1-6,16H,7-8,15H2. The second kappa shape index (κ2) is 3.35. The first-order valence-electron chi connectivity index (χ1n) is 5.40. The highest BCUT2D eigenvalue weighted by Crippen LogP contribution is 2.40. The van der Waals surface area contributed by atoms with E-state index in [0.29, 0.717) is 0 Å². The average molecular weight is 211 g/mol. The van der Waals surface area contributed by atoms with E-state index in [4.69, 9.17) is 5.73 Å². The SMILES string of the molecule is Nc1c(CO)ccc2c1Cc1ccccc1-2. The second-order valence-corrected chi connectivity index (χ2v) is 4.16. The zero-order chi connectivity index (χ0) is 11.1. The van der Waals surface area contributed by atoms with Crippen molar-refractivity contribution in [1.29, 1.82) is 0 Å². The lowest BCUT2D eigenvalue weighted by atomic mass is 10.0.